The molecule has 0 spiro atoms. The first-order chi connectivity index (χ1) is 13.4. The SMILES string of the molecule is COc1cc(C=C2SC(=O)N(c3cccc(C)c3)C2=O)ccc1OCC(=O)O. The molecule has 2 aromatic carbocycles. The maximum Gasteiger partial charge on any atom is 0.341 e. The number of benzene rings is 2. The number of ether oxygens (including phenoxy) is 2. The quantitative estimate of drug-likeness (QED) is 0.740. The van der Waals surface area contributed by atoms with Crippen LogP contribution in [0.3, 0.4) is 0 Å². The number of aryl methyl sites for hydroxylation is 1. The molecule has 1 heterocycles. The first-order valence-electron chi connectivity index (χ1n) is 8.26. The van der Waals surface area contributed by atoms with Gasteiger partial charge in [0.15, 0.2) is 18.1 Å². The van der Waals surface area contributed by atoms with E-state index in [1.807, 2.05) is 13.0 Å². The number of hydrogen-bond donors (Lipinski definition) is 1. The standard InChI is InChI=1S/C20H17NO6S/c1-12-4-3-5-14(8-12)21-19(24)17(28-20(21)25)10-13-6-7-15(16(9-13)26-2)27-11-18(22)23/h3-10H,11H2,1-2H3,(H,22,23). The lowest BCUT2D eigenvalue weighted by Crippen LogP contribution is -2.27. The second kappa shape index (κ2) is 8.18. The van der Waals surface area contributed by atoms with Crippen molar-refractivity contribution in [3.05, 3.63) is 58.5 Å². The minimum absolute atomic E-state index is 0.273. The molecule has 1 aliphatic rings. The van der Waals surface area contributed by atoms with Gasteiger partial charge in [-0.2, -0.15) is 0 Å². The molecular weight excluding hydrogens is 382 g/mol. The molecule has 0 atom stereocenters. The van der Waals surface area contributed by atoms with Crippen molar-refractivity contribution in [3.8, 4) is 11.5 Å². The Balaban J connectivity index is 1.86. The number of rotatable bonds is 6. The third-order valence-electron chi connectivity index (χ3n) is 3.89. The Kier molecular flexibility index (Phi) is 5.70. The summed E-state index contributed by atoms with van der Waals surface area (Å²) in [5.74, 6) is -0.899. The third-order valence-corrected chi connectivity index (χ3v) is 4.76. The fourth-order valence-electron chi connectivity index (χ4n) is 2.64. The summed E-state index contributed by atoms with van der Waals surface area (Å²) in [6, 6.07) is 12.0. The lowest BCUT2D eigenvalue weighted by molar-refractivity contribution is -0.139. The molecule has 7 nitrogen and oxygen atoms in total. The van der Waals surface area contributed by atoms with Crippen LogP contribution in [0.15, 0.2) is 47.4 Å². The van der Waals surface area contributed by atoms with Crippen molar-refractivity contribution < 1.29 is 29.0 Å². The number of imide groups is 1. The summed E-state index contributed by atoms with van der Waals surface area (Å²) in [6.07, 6.45) is 1.59. The Morgan fingerprint density at radius 1 is 1.18 bits per heavy atom. The van der Waals surface area contributed by atoms with E-state index in [1.165, 1.54) is 7.11 Å². The van der Waals surface area contributed by atoms with Gasteiger partial charge in [-0.1, -0.05) is 18.2 Å². The van der Waals surface area contributed by atoms with Crippen LogP contribution in [0, 0.1) is 6.92 Å². The number of methoxy groups -OCH3 is 1. The topological polar surface area (TPSA) is 93.1 Å². The highest BCUT2D eigenvalue weighted by atomic mass is 32.2. The largest absolute Gasteiger partial charge is 0.493 e. The molecule has 8 heteroatoms. The molecule has 2 aromatic rings. The zero-order valence-electron chi connectivity index (χ0n) is 15.2. The number of carboxylic acid groups (broad SMARTS) is 1. The Morgan fingerprint density at radius 3 is 2.64 bits per heavy atom. The highest BCUT2D eigenvalue weighted by molar-refractivity contribution is 8.19. The number of nitrogens with zero attached hydrogens (tertiary/aromatic N) is 1. The summed E-state index contributed by atoms with van der Waals surface area (Å²) in [5, 5.41) is 8.35. The predicted molar refractivity (Wildman–Crippen MR) is 106 cm³/mol. The van der Waals surface area contributed by atoms with Gasteiger partial charge in [0.1, 0.15) is 0 Å². The van der Waals surface area contributed by atoms with Crippen molar-refractivity contribution in [2.45, 2.75) is 6.92 Å². The lowest BCUT2D eigenvalue weighted by Gasteiger charge is -2.12. The summed E-state index contributed by atoms with van der Waals surface area (Å²) in [5.41, 5.74) is 2.09. The summed E-state index contributed by atoms with van der Waals surface area (Å²) in [6.45, 7) is 1.39. The highest BCUT2D eigenvalue weighted by Gasteiger charge is 2.36. The van der Waals surface area contributed by atoms with Crippen LogP contribution in [-0.4, -0.2) is 35.9 Å². The van der Waals surface area contributed by atoms with Crippen molar-refractivity contribution in [2.24, 2.45) is 0 Å². The fourth-order valence-corrected chi connectivity index (χ4v) is 3.48. The number of amides is 2. The second-order valence-electron chi connectivity index (χ2n) is 5.95. The summed E-state index contributed by atoms with van der Waals surface area (Å²) < 4.78 is 10.4. The second-order valence-corrected chi connectivity index (χ2v) is 6.94. The van der Waals surface area contributed by atoms with Gasteiger partial charge in [0, 0.05) is 0 Å². The zero-order chi connectivity index (χ0) is 20.3. The van der Waals surface area contributed by atoms with E-state index in [1.54, 1.807) is 42.5 Å². The summed E-state index contributed by atoms with van der Waals surface area (Å²) >= 11 is 0.858. The van der Waals surface area contributed by atoms with E-state index in [9.17, 15) is 14.4 Å². The minimum Gasteiger partial charge on any atom is -0.493 e. The molecule has 0 saturated carbocycles. The van der Waals surface area contributed by atoms with E-state index < -0.39 is 18.5 Å². The molecule has 3 rings (SSSR count). The molecule has 2 amide bonds. The van der Waals surface area contributed by atoms with Crippen LogP contribution in [0.5, 0.6) is 11.5 Å². The van der Waals surface area contributed by atoms with E-state index in [0.717, 1.165) is 22.2 Å². The van der Waals surface area contributed by atoms with Gasteiger partial charge in [-0.25, -0.2) is 9.69 Å². The van der Waals surface area contributed by atoms with E-state index in [-0.39, 0.29) is 15.9 Å². The Hall–Kier alpha value is -3.26. The minimum atomic E-state index is -1.10. The number of aliphatic carboxylic acids is 1. The molecule has 28 heavy (non-hydrogen) atoms. The van der Waals surface area contributed by atoms with Crippen LogP contribution in [0.1, 0.15) is 11.1 Å². The zero-order valence-corrected chi connectivity index (χ0v) is 16.0. The fraction of sp³-hybridized carbons (Fsp3) is 0.150. The average Bonchev–Trinajstić information content (AvgIpc) is 2.93. The van der Waals surface area contributed by atoms with Crippen LogP contribution in [0.4, 0.5) is 10.5 Å². The molecule has 0 aromatic heterocycles. The first kappa shape index (κ1) is 19.5. The van der Waals surface area contributed by atoms with Gasteiger partial charge in [0.05, 0.1) is 17.7 Å². The monoisotopic (exact) mass is 399 g/mol. The number of carbonyl (C=O) groups is 3. The van der Waals surface area contributed by atoms with E-state index in [0.29, 0.717) is 17.0 Å². The maximum atomic E-state index is 12.7. The average molecular weight is 399 g/mol. The highest BCUT2D eigenvalue weighted by Crippen LogP contribution is 2.37. The van der Waals surface area contributed by atoms with E-state index in [4.69, 9.17) is 14.6 Å². The molecule has 1 N–H and O–H groups in total. The molecule has 0 bridgehead atoms. The van der Waals surface area contributed by atoms with Gasteiger partial charge in [0.2, 0.25) is 0 Å². The molecule has 0 radical (unpaired) electrons. The summed E-state index contributed by atoms with van der Waals surface area (Å²) in [7, 11) is 1.43. The number of carbonyl (C=O) groups excluding carboxylic acids is 2. The van der Waals surface area contributed by atoms with Crippen molar-refractivity contribution in [2.75, 3.05) is 18.6 Å². The van der Waals surface area contributed by atoms with Gasteiger partial charge in [-0.15, -0.1) is 0 Å². The molecule has 0 aliphatic carbocycles. The van der Waals surface area contributed by atoms with Crippen molar-refractivity contribution in [1.82, 2.24) is 0 Å². The van der Waals surface area contributed by atoms with E-state index >= 15 is 0 Å². The van der Waals surface area contributed by atoms with Crippen LogP contribution >= 0.6 is 11.8 Å². The molecule has 1 fully saturated rings. The Morgan fingerprint density at radius 2 is 1.96 bits per heavy atom. The molecular formula is C20H17NO6S. The van der Waals surface area contributed by atoms with Crippen molar-refractivity contribution in [3.63, 3.8) is 0 Å². The van der Waals surface area contributed by atoms with Crippen LogP contribution in [-0.2, 0) is 9.59 Å². The van der Waals surface area contributed by atoms with Crippen LogP contribution in [0.2, 0.25) is 0 Å². The Labute approximate surface area is 165 Å². The molecule has 1 saturated heterocycles. The lowest BCUT2D eigenvalue weighted by atomic mass is 10.1. The van der Waals surface area contributed by atoms with Gasteiger partial charge in [0.25, 0.3) is 11.1 Å². The van der Waals surface area contributed by atoms with Gasteiger partial charge in [-0.3, -0.25) is 9.59 Å². The smallest absolute Gasteiger partial charge is 0.341 e. The summed E-state index contributed by atoms with van der Waals surface area (Å²) in [4.78, 5) is 37.2. The number of anilines is 1. The Bertz CT molecular complexity index is 984. The number of carboxylic acids is 1. The first-order valence-corrected chi connectivity index (χ1v) is 9.08. The predicted octanol–water partition coefficient (Wildman–Crippen LogP) is 3.71. The molecule has 0 unspecified atom stereocenters. The third kappa shape index (κ3) is 4.17. The normalized spacial score (nSPS) is 15.2. The molecule has 1 aliphatic heterocycles. The molecule has 144 valence electrons. The van der Waals surface area contributed by atoms with Crippen molar-refractivity contribution in [1.29, 1.82) is 0 Å². The number of hydrogen-bond acceptors (Lipinski definition) is 6. The van der Waals surface area contributed by atoms with Gasteiger partial charge in [-0.05, 0) is 60.2 Å². The van der Waals surface area contributed by atoms with Crippen LogP contribution < -0.4 is 14.4 Å². The number of thioether (sulfide) groups is 1. The maximum absolute atomic E-state index is 12.7. The van der Waals surface area contributed by atoms with Gasteiger partial charge >= 0.3 is 5.97 Å². The van der Waals surface area contributed by atoms with Crippen molar-refractivity contribution >= 4 is 40.6 Å². The van der Waals surface area contributed by atoms with Gasteiger partial charge < -0.3 is 14.6 Å². The van der Waals surface area contributed by atoms with Crippen LogP contribution in [0.25, 0.3) is 6.08 Å². The van der Waals surface area contributed by atoms with E-state index in [2.05, 4.69) is 0 Å².